The van der Waals surface area contributed by atoms with Crippen molar-refractivity contribution in [2.75, 3.05) is 11.9 Å². The minimum absolute atomic E-state index is 0.00580. The van der Waals surface area contributed by atoms with Crippen molar-refractivity contribution in [2.45, 2.75) is 19.1 Å². The number of hydrogen-bond acceptors (Lipinski definition) is 3. The minimum Gasteiger partial charge on any atom is -0.478 e. The summed E-state index contributed by atoms with van der Waals surface area (Å²) in [6.45, 7) is 1.21. The summed E-state index contributed by atoms with van der Waals surface area (Å²) in [7, 11) is 0. The molecule has 1 aliphatic heterocycles. The van der Waals surface area contributed by atoms with Gasteiger partial charge in [-0.3, -0.25) is 9.59 Å². The largest absolute Gasteiger partial charge is 0.478 e. The Labute approximate surface area is 128 Å². The molecule has 2 amide bonds. The van der Waals surface area contributed by atoms with Crippen LogP contribution in [0.2, 0.25) is 0 Å². The molecule has 2 N–H and O–H groups in total. The molecule has 22 heavy (non-hydrogen) atoms. The maximum absolute atomic E-state index is 11.9. The second-order valence-corrected chi connectivity index (χ2v) is 5.07. The van der Waals surface area contributed by atoms with Crippen LogP contribution in [0.25, 0.3) is 0 Å². The fourth-order valence-corrected chi connectivity index (χ4v) is 2.31. The molecule has 0 radical (unpaired) electrons. The average Bonchev–Trinajstić information content (AvgIpc) is 3.01. The highest BCUT2D eigenvalue weighted by molar-refractivity contribution is 5.99. The Kier molecular flexibility index (Phi) is 4.09. The van der Waals surface area contributed by atoms with E-state index in [1.807, 2.05) is 41.2 Å². The van der Waals surface area contributed by atoms with Crippen molar-refractivity contribution >= 4 is 17.5 Å². The quantitative estimate of drug-likeness (QED) is 0.876. The summed E-state index contributed by atoms with van der Waals surface area (Å²) in [5.74, 6) is 0.0955. The highest BCUT2D eigenvalue weighted by Gasteiger charge is 2.29. The Bertz CT molecular complexity index is 667. The summed E-state index contributed by atoms with van der Waals surface area (Å²) < 4.78 is 7.56. The highest BCUT2D eigenvalue weighted by atomic mass is 16.5. The lowest BCUT2D eigenvalue weighted by Gasteiger charge is -2.25. The topological polar surface area (TPSA) is 72.4 Å². The van der Waals surface area contributed by atoms with Crippen molar-refractivity contribution in [2.24, 2.45) is 0 Å². The van der Waals surface area contributed by atoms with E-state index in [0.717, 1.165) is 0 Å². The number of hydrogen-bond donors (Lipinski definition) is 2. The van der Waals surface area contributed by atoms with Crippen LogP contribution in [-0.2, 0) is 16.1 Å². The Hall–Kier alpha value is -2.76. The van der Waals surface area contributed by atoms with Crippen LogP contribution in [0.15, 0.2) is 48.8 Å². The van der Waals surface area contributed by atoms with Gasteiger partial charge in [-0.2, -0.15) is 0 Å². The zero-order chi connectivity index (χ0) is 15.4. The average molecular weight is 299 g/mol. The third-order valence-corrected chi connectivity index (χ3v) is 3.44. The standard InChI is InChI=1S/C16H17N3O3/c20-15(17-7-10-19-8-3-4-9-19)11-14-16(21)18-12-5-1-2-6-13(12)22-14/h1-6,8-9,14H,7,10-11H2,(H,17,20)(H,18,21)/t14-/m0/s1. The Morgan fingerprint density at radius 2 is 2.00 bits per heavy atom. The van der Waals surface area contributed by atoms with Crippen LogP contribution < -0.4 is 15.4 Å². The van der Waals surface area contributed by atoms with Crippen LogP contribution in [0, 0.1) is 0 Å². The lowest BCUT2D eigenvalue weighted by atomic mass is 10.1. The molecule has 0 saturated heterocycles. The molecular formula is C16H17N3O3. The second-order valence-electron chi connectivity index (χ2n) is 5.07. The number of fused-ring (bicyclic) bond motifs is 1. The van der Waals surface area contributed by atoms with Crippen LogP contribution in [-0.4, -0.2) is 29.0 Å². The molecule has 2 aromatic rings. The molecule has 0 bridgehead atoms. The number of nitrogens with one attached hydrogen (secondary N) is 2. The van der Waals surface area contributed by atoms with E-state index in [2.05, 4.69) is 10.6 Å². The van der Waals surface area contributed by atoms with E-state index in [-0.39, 0.29) is 18.2 Å². The SMILES string of the molecule is O=C(C[C@@H]1Oc2ccccc2NC1=O)NCCn1cccc1. The van der Waals surface area contributed by atoms with Crippen molar-refractivity contribution in [3.63, 3.8) is 0 Å². The van der Waals surface area contributed by atoms with E-state index in [9.17, 15) is 9.59 Å². The number of carbonyl (C=O) groups excluding carboxylic acids is 2. The fraction of sp³-hybridized carbons (Fsp3) is 0.250. The van der Waals surface area contributed by atoms with Crippen LogP contribution in [0.5, 0.6) is 5.75 Å². The second kappa shape index (κ2) is 6.34. The minimum atomic E-state index is -0.790. The molecule has 0 saturated carbocycles. The number of aromatic nitrogens is 1. The number of nitrogens with zero attached hydrogens (tertiary/aromatic N) is 1. The third kappa shape index (κ3) is 3.28. The van der Waals surface area contributed by atoms with Crippen molar-refractivity contribution in [1.82, 2.24) is 9.88 Å². The molecule has 0 spiro atoms. The highest BCUT2D eigenvalue weighted by Crippen LogP contribution is 2.29. The summed E-state index contributed by atoms with van der Waals surface area (Å²) >= 11 is 0. The van der Waals surface area contributed by atoms with Crippen LogP contribution in [0.4, 0.5) is 5.69 Å². The number of ether oxygens (including phenoxy) is 1. The first kappa shape index (κ1) is 14.2. The molecule has 114 valence electrons. The molecule has 0 aliphatic carbocycles. The van der Waals surface area contributed by atoms with E-state index < -0.39 is 6.10 Å². The molecule has 1 atom stereocenters. The monoisotopic (exact) mass is 299 g/mol. The van der Waals surface area contributed by atoms with Crippen LogP contribution in [0.3, 0.4) is 0 Å². The van der Waals surface area contributed by atoms with E-state index in [0.29, 0.717) is 24.5 Å². The van der Waals surface area contributed by atoms with Gasteiger partial charge in [0.1, 0.15) is 5.75 Å². The first-order valence-corrected chi connectivity index (χ1v) is 7.16. The third-order valence-electron chi connectivity index (χ3n) is 3.44. The molecule has 2 heterocycles. The lowest BCUT2D eigenvalue weighted by molar-refractivity contribution is -0.130. The Morgan fingerprint density at radius 3 is 2.82 bits per heavy atom. The molecule has 0 fully saturated rings. The number of carbonyl (C=O) groups is 2. The normalized spacial score (nSPS) is 16.4. The first-order valence-electron chi connectivity index (χ1n) is 7.16. The van der Waals surface area contributed by atoms with Gasteiger partial charge in [0.15, 0.2) is 6.10 Å². The van der Waals surface area contributed by atoms with E-state index >= 15 is 0 Å². The van der Waals surface area contributed by atoms with Gasteiger partial charge < -0.3 is 19.9 Å². The number of amides is 2. The fourth-order valence-electron chi connectivity index (χ4n) is 2.31. The number of rotatable bonds is 5. The predicted octanol–water partition coefficient (Wildman–Crippen LogP) is 1.39. The molecule has 6 nitrogen and oxygen atoms in total. The van der Waals surface area contributed by atoms with E-state index in [1.165, 1.54) is 0 Å². The maximum atomic E-state index is 11.9. The molecule has 0 unspecified atom stereocenters. The van der Waals surface area contributed by atoms with Crippen molar-refractivity contribution in [3.05, 3.63) is 48.8 Å². The zero-order valence-electron chi connectivity index (χ0n) is 12.0. The summed E-state index contributed by atoms with van der Waals surface area (Å²) in [4.78, 5) is 23.8. The zero-order valence-corrected chi connectivity index (χ0v) is 12.0. The van der Waals surface area contributed by atoms with Gasteiger partial charge in [-0.25, -0.2) is 0 Å². The predicted molar refractivity (Wildman–Crippen MR) is 81.5 cm³/mol. The Morgan fingerprint density at radius 1 is 1.23 bits per heavy atom. The molecule has 6 heteroatoms. The Balaban J connectivity index is 1.50. The van der Waals surface area contributed by atoms with Gasteiger partial charge in [0.25, 0.3) is 5.91 Å². The van der Waals surface area contributed by atoms with E-state index in [1.54, 1.807) is 12.1 Å². The molecular weight excluding hydrogens is 282 g/mol. The van der Waals surface area contributed by atoms with Gasteiger partial charge in [0, 0.05) is 25.5 Å². The van der Waals surface area contributed by atoms with Crippen LogP contribution >= 0.6 is 0 Å². The molecule has 1 aliphatic rings. The number of para-hydroxylation sites is 2. The number of anilines is 1. The number of benzene rings is 1. The summed E-state index contributed by atoms with van der Waals surface area (Å²) in [6, 6.07) is 11.0. The van der Waals surface area contributed by atoms with Gasteiger partial charge in [-0.15, -0.1) is 0 Å². The van der Waals surface area contributed by atoms with Crippen LogP contribution in [0.1, 0.15) is 6.42 Å². The summed E-state index contributed by atoms with van der Waals surface area (Å²) in [6.07, 6.45) is 3.08. The van der Waals surface area contributed by atoms with Gasteiger partial charge in [-0.1, -0.05) is 12.1 Å². The molecule has 1 aromatic carbocycles. The maximum Gasteiger partial charge on any atom is 0.266 e. The van der Waals surface area contributed by atoms with Gasteiger partial charge >= 0.3 is 0 Å². The van der Waals surface area contributed by atoms with Crippen molar-refractivity contribution in [3.8, 4) is 5.75 Å². The van der Waals surface area contributed by atoms with Gasteiger partial charge in [-0.05, 0) is 24.3 Å². The van der Waals surface area contributed by atoms with E-state index in [4.69, 9.17) is 4.74 Å². The van der Waals surface area contributed by atoms with Crippen molar-refractivity contribution < 1.29 is 14.3 Å². The summed E-state index contributed by atoms with van der Waals surface area (Å²) in [5, 5.41) is 5.54. The molecule has 3 rings (SSSR count). The smallest absolute Gasteiger partial charge is 0.266 e. The van der Waals surface area contributed by atoms with Gasteiger partial charge in [0.05, 0.1) is 12.1 Å². The van der Waals surface area contributed by atoms with Gasteiger partial charge in [0.2, 0.25) is 5.91 Å². The lowest BCUT2D eigenvalue weighted by Crippen LogP contribution is -2.41. The van der Waals surface area contributed by atoms with Crippen molar-refractivity contribution in [1.29, 1.82) is 0 Å². The molecule has 1 aromatic heterocycles. The first-order chi connectivity index (χ1) is 10.7. The summed E-state index contributed by atoms with van der Waals surface area (Å²) in [5.41, 5.74) is 0.636.